The minimum absolute atomic E-state index is 0.258. The molecular formula is C17H12BrClN4O2. The van der Waals surface area contributed by atoms with E-state index >= 15 is 0 Å². The summed E-state index contributed by atoms with van der Waals surface area (Å²) in [6.07, 6.45) is 4.86. The lowest BCUT2D eigenvalue weighted by molar-refractivity contribution is 0.0949. The van der Waals surface area contributed by atoms with Crippen molar-refractivity contribution < 1.29 is 9.21 Å². The lowest BCUT2D eigenvalue weighted by Crippen LogP contribution is -2.22. The largest absolute Gasteiger partial charge is 0.458 e. The van der Waals surface area contributed by atoms with E-state index in [0.29, 0.717) is 27.6 Å². The van der Waals surface area contributed by atoms with Gasteiger partial charge in [0.2, 0.25) is 0 Å². The Kier molecular flexibility index (Phi) is 3.97. The Morgan fingerprint density at radius 1 is 1.44 bits per heavy atom. The number of nitrogens with one attached hydrogen (secondary N) is 1. The summed E-state index contributed by atoms with van der Waals surface area (Å²) >= 11 is 9.55. The number of halogens is 2. The average molecular weight is 420 g/mol. The Hall–Kier alpha value is -2.38. The Morgan fingerprint density at radius 2 is 2.28 bits per heavy atom. The van der Waals surface area contributed by atoms with Gasteiger partial charge in [-0.2, -0.15) is 5.10 Å². The molecule has 0 aliphatic carbocycles. The maximum absolute atomic E-state index is 12.5. The van der Waals surface area contributed by atoms with E-state index in [1.807, 2.05) is 13.0 Å². The maximum Gasteiger partial charge on any atom is 0.257 e. The molecule has 3 heterocycles. The van der Waals surface area contributed by atoms with Gasteiger partial charge in [0, 0.05) is 28.4 Å². The van der Waals surface area contributed by atoms with Gasteiger partial charge in [0.15, 0.2) is 5.65 Å². The molecule has 1 aromatic carbocycles. The molecule has 1 N–H and O–H groups in total. The van der Waals surface area contributed by atoms with Crippen LogP contribution in [0.25, 0.3) is 16.6 Å². The van der Waals surface area contributed by atoms with Gasteiger partial charge in [-0.25, -0.2) is 9.50 Å². The van der Waals surface area contributed by atoms with Crippen LogP contribution in [0, 0.1) is 6.92 Å². The van der Waals surface area contributed by atoms with Crippen molar-refractivity contribution in [3.8, 4) is 0 Å². The fraction of sp³-hybridized carbons (Fsp3) is 0.118. The van der Waals surface area contributed by atoms with Gasteiger partial charge in [-0.1, -0.05) is 11.6 Å². The summed E-state index contributed by atoms with van der Waals surface area (Å²) in [5.41, 5.74) is 2.58. The van der Waals surface area contributed by atoms with Crippen molar-refractivity contribution in [3.05, 3.63) is 63.2 Å². The van der Waals surface area contributed by atoms with Crippen LogP contribution in [-0.4, -0.2) is 20.5 Å². The normalized spacial score (nSPS) is 11.3. The smallest absolute Gasteiger partial charge is 0.257 e. The minimum Gasteiger partial charge on any atom is -0.458 e. The van der Waals surface area contributed by atoms with E-state index in [1.54, 1.807) is 29.0 Å². The van der Waals surface area contributed by atoms with Gasteiger partial charge in [-0.3, -0.25) is 4.79 Å². The predicted molar refractivity (Wildman–Crippen MR) is 97.8 cm³/mol. The number of hydrogen-bond donors (Lipinski definition) is 1. The van der Waals surface area contributed by atoms with Crippen LogP contribution >= 0.6 is 27.5 Å². The number of furan rings is 1. The zero-order valence-electron chi connectivity index (χ0n) is 13.1. The van der Waals surface area contributed by atoms with E-state index in [-0.39, 0.29) is 12.5 Å². The average Bonchev–Trinajstić information content (AvgIpc) is 3.15. The highest BCUT2D eigenvalue weighted by molar-refractivity contribution is 9.10. The van der Waals surface area contributed by atoms with Crippen LogP contribution in [0.5, 0.6) is 0 Å². The first-order valence-corrected chi connectivity index (χ1v) is 8.65. The van der Waals surface area contributed by atoms with E-state index in [0.717, 1.165) is 15.4 Å². The summed E-state index contributed by atoms with van der Waals surface area (Å²) in [7, 11) is 0. The quantitative estimate of drug-likeness (QED) is 0.542. The Bertz CT molecular complexity index is 1120. The molecule has 3 aromatic heterocycles. The molecule has 0 spiro atoms. The van der Waals surface area contributed by atoms with Crippen LogP contribution in [0.15, 0.2) is 45.7 Å². The number of fused-ring (bicyclic) bond motifs is 2. The fourth-order valence-corrected chi connectivity index (χ4v) is 3.60. The topological polar surface area (TPSA) is 72.4 Å². The lowest BCUT2D eigenvalue weighted by Gasteiger charge is -2.02. The van der Waals surface area contributed by atoms with Gasteiger partial charge in [-0.15, -0.1) is 0 Å². The Labute approximate surface area is 155 Å². The molecule has 0 unspecified atom stereocenters. The molecule has 0 saturated carbocycles. The summed E-state index contributed by atoms with van der Waals surface area (Å²) in [6, 6.07) is 5.38. The SMILES string of the molecule is Cc1c(CNC(=O)c2cnn3cccnc23)oc2c(Br)cc(Cl)cc12. The van der Waals surface area contributed by atoms with Crippen LogP contribution in [0.2, 0.25) is 5.02 Å². The summed E-state index contributed by atoms with van der Waals surface area (Å²) in [5, 5.41) is 8.51. The molecule has 8 heteroatoms. The van der Waals surface area contributed by atoms with Gasteiger partial charge in [0.05, 0.1) is 17.2 Å². The van der Waals surface area contributed by atoms with Gasteiger partial charge in [-0.05, 0) is 41.1 Å². The third kappa shape index (κ3) is 2.79. The van der Waals surface area contributed by atoms with Crippen molar-refractivity contribution in [2.75, 3.05) is 0 Å². The molecule has 4 aromatic rings. The number of benzene rings is 1. The second-order valence-electron chi connectivity index (χ2n) is 5.54. The summed E-state index contributed by atoms with van der Waals surface area (Å²) in [4.78, 5) is 16.7. The second kappa shape index (κ2) is 6.16. The van der Waals surface area contributed by atoms with Crippen molar-refractivity contribution >= 4 is 50.1 Å². The first-order valence-electron chi connectivity index (χ1n) is 7.48. The highest BCUT2D eigenvalue weighted by Gasteiger charge is 2.17. The number of carbonyl (C=O) groups excluding carboxylic acids is 1. The van der Waals surface area contributed by atoms with Crippen molar-refractivity contribution in [2.45, 2.75) is 13.5 Å². The molecule has 0 bridgehead atoms. The van der Waals surface area contributed by atoms with E-state index in [2.05, 4.69) is 31.3 Å². The zero-order chi connectivity index (χ0) is 17.6. The molecule has 0 aliphatic heterocycles. The van der Waals surface area contributed by atoms with E-state index < -0.39 is 0 Å². The molecule has 1 amide bonds. The number of carbonyl (C=O) groups is 1. The maximum atomic E-state index is 12.5. The van der Waals surface area contributed by atoms with Gasteiger partial charge in [0.25, 0.3) is 5.91 Å². The van der Waals surface area contributed by atoms with Crippen molar-refractivity contribution in [3.63, 3.8) is 0 Å². The molecule has 0 aliphatic rings. The number of hydrogen-bond acceptors (Lipinski definition) is 4. The molecule has 0 fully saturated rings. The molecule has 0 radical (unpaired) electrons. The molecule has 126 valence electrons. The predicted octanol–water partition coefficient (Wildman–Crippen LogP) is 4.13. The van der Waals surface area contributed by atoms with Crippen LogP contribution in [0.1, 0.15) is 21.7 Å². The van der Waals surface area contributed by atoms with E-state index in [1.165, 1.54) is 6.20 Å². The van der Waals surface area contributed by atoms with Gasteiger partial charge in [0.1, 0.15) is 16.9 Å². The summed E-state index contributed by atoms with van der Waals surface area (Å²) < 4.78 is 8.22. The molecule has 4 rings (SSSR count). The molecule has 0 saturated heterocycles. The lowest BCUT2D eigenvalue weighted by atomic mass is 10.1. The molecular weight excluding hydrogens is 408 g/mol. The van der Waals surface area contributed by atoms with E-state index in [4.69, 9.17) is 16.0 Å². The van der Waals surface area contributed by atoms with Crippen molar-refractivity contribution in [1.29, 1.82) is 0 Å². The molecule has 25 heavy (non-hydrogen) atoms. The Balaban J connectivity index is 1.61. The number of amides is 1. The third-order valence-corrected chi connectivity index (χ3v) is 4.80. The number of aromatic nitrogens is 3. The highest BCUT2D eigenvalue weighted by Crippen LogP contribution is 2.33. The highest BCUT2D eigenvalue weighted by atomic mass is 79.9. The zero-order valence-corrected chi connectivity index (χ0v) is 15.4. The van der Waals surface area contributed by atoms with Crippen molar-refractivity contribution in [2.24, 2.45) is 0 Å². The molecule has 0 atom stereocenters. The van der Waals surface area contributed by atoms with Crippen molar-refractivity contribution in [1.82, 2.24) is 19.9 Å². The van der Waals surface area contributed by atoms with Crippen LogP contribution in [0.4, 0.5) is 0 Å². The van der Waals surface area contributed by atoms with Crippen LogP contribution in [0.3, 0.4) is 0 Å². The molecule has 6 nitrogen and oxygen atoms in total. The third-order valence-electron chi connectivity index (χ3n) is 3.99. The number of aryl methyl sites for hydroxylation is 1. The van der Waals surface area contributed by atoms with Crippen LogP contribution in [-0.2, 0) is 6.54 Å². The minimum atomic E-state index is -0.259. The monoisotopic (exact) mass is 418 g/mol. The first kappa shape index (κ1) is 16.1. The summed E-state index contributed by atoms with van der Waals surface area (Å²) in [6.45, 7) is 2.19. The van der Waals surface area contributed by atoms with E-state index in [9.17, 15) is 4.79 Å². The number of rotatable bonds is 3. The second-order valence-corrected chi connectivity index (χ2v) is 6.83. The Morgan fingerprint density at radius 3 is 3.12 bits per heavy atom. The van der Waals surface area contributed by atoms with Gasteiger partial charge >= 0.3 is 0 Å². The first-order chi connectivity index (χ1) is 12.0. The number of nitrogens with zero attached hydrogens (tertiary/aromatic N) is 3. The fourth-order valence-electron chi connectivity index (χ4n) is 2.70. The standard InChI is InChI=1S/C17H12BrClN4O2/c1-9-11-5-10(19)6-13(18)15(11)25-14(9)8-21-17(24)12-7-22-23-4-2-3-20-16(12)23/h2-7H,8H2,1H3,(H,21,24). The summed E-state index contributed by atoms with van der Waals surface area (Å²) in [5.74, 6) is 0.418. The van der Waals surface area contributed by atoms with Crippen LogP contribution < -0.4 is 5.32 Å². The van der Waals surface area contributed by atoms with Gasteiger partial charge < -0.3 is 9.73 Å².